The number of benzene rings is 2. The van der Waals surface area contributed by atoms with Crippen molar-refractivity contribution in [1.82, 2.24) is 0 Å². The molecular weight excluding hydrogens is 278 g/mol. The van der Waals surface area contributed by atoms with E-state index in [4.69, 9.17) is 0 Å². The summed E-state index contributed by atoms with van der Waals surface area (Å²) in [7, 11) is 0. The summed E-state index contributed by atoms with van der Waals surface area (Å²) in [5.41, 5.74) is 6.47. The van der Waals surface area contributed by atoms with Crippen LogP contribution in [0.3, 0.4) is 0 Å². The van der Waals surface area contributed by atoms with Crippen molar-refractivity contribution in [1.29, 1.82) is 5.26 Å². The topological polar surface area (TPSA) is 23.8 Å². The van der Waals surface area contributed by atoms with Crippen molar-refractivity contribution in [3.8, 4) is 17.2 Å². The number of unbranched alkanes of at least 4 members (excludes halogenated alkanes) is 2. The van der Waals surface area contributed by atoms with E-state index in [1.165, 1.54) is 60.8 Å². The van der Waals surface area contributed by atoms with Gasteiger partial charge in [0.1, 0.15) is 0 Å². The molecule has 0 radical (unpaired) electrons. The minimum absolute atomic E-state index is 0.102. The highest BCUT2D eigenvalue weighted by Gasteiger charge is 2.41. The van der Waals surface area contributed by atoms with Crippen LogP contribution in [0.1, 0.15) is 69.1 Å². The molecule has 0 aliphatic heterocycles. The van der Waals surface area contributed by atoms with Crippen molar-refractivity contribution in [3.05, 3.63) is 59.2 Å². The molecule has 0 N–H and O–H groups in total. The molecule has 0 spiro atoms. The largest absolute Gasteiger partial charge is 0.192 e. The third kappa shape index (κ3) is 2.57. The van der Waals surface area contributed by atoms with Gasteiger partial charge in [-0.25, -0.2) is 0 Å². The van der Waals surface area contributed by atoms with Crippen molar-refractivity contribution in [3.63, 3.8) is 0 Å². The first-order valence-corrected chi connectivity index (χ1v) is 8.91. The van der Waals surface area contributed by atoms with Gasteiger partial charge in [0, 0.05) is 5.41 Å². The average molecular weight is 303 g/mol. The molecule has 3 rings (SSSR count). The SMILES string of the molecule is CCCCC1(CCCC)c2ccccc2-c2ccc(C#N)cc21. The number of rotatable bonds is 6. The van der Waals surface area contributed by atoms with Crippen LogP contribution >= 0.6 is 0 Å². The fourth-order valence-electron chi connectivity index (χ4n) is 4.15. The summed E-state index contributed by atoms with van der Waals surface area (Å²) in [5, 5.41) is 9.36. The normalized spacial score (nSPS) is 14.1. The smallest absolute Gasteiger partial charge is 0.0991 e. The van der Waals surface area contributed by atoms with Crippen LogP contribution in [0.4, 0.5) is 0 Å². The number of nitrogens with zero attached hydrogens (tertiary/aromatic N) is 1. The molecule has 0 amide bonds. The number of fused-ring (bicyclic) bond motifs is 3. The molecule has 1 nitrogen and oxygen atoms in total. The van der Waals surface area contributed by atoms with E-state index in [9.17, 15) is 5.26 Å². The van der Waals surface area contributed by atoms with Crippen LogP contribution < -0.4 is 0 Å². The summed E-state index contributed by atoms with van der Waals surface area (Å²) in [5.74, 6) is 0. The lowest BCUT2D eigenvalue weighted by Gasteiger charge is -2.32. The van der Waals surface area contributed by atoms with Crippen molar-refractivity contribution >= 4 is 0 Å². The molecule has 0 unspecified atom stereocenters. The van der Waals surface area contributed by atoms with E-state index in [1.54, 1.807) is 0 Å². The van der Waals surface area contributed by atoms with E-state index >= 15 is 0 Å². The Kier molecular flexibility index (Phi) is 4.53. The average Bonchev–Trinajstić information content (AvgIpc) is 2.88. The van der Waals surface area contributed by atoms with E-state index in [2.05, 4.69) is 56.3 Å². The molecule has 2 aromatic rings. The maximum Gasteiger partial charge on any atom is 0.0991 e. The fraction of sp³-hybridized carbons (Fsp3) is 0.409. The molecule has 0 fully saturated rings. The van der Waals surface area contributed by atoms with Crippen molar-refractivity contribution in [2.75, 3.05) is 0 Å². The van der Waals surface area contributed by atoms with Crippen LogP contribution in [0.25, 0.3) is 11.1 Å². The lowest BCUT2D eigenvalue weighted by atomic mass is 9.70. The first-order valence-electron chi connectivity index (χ1n) is 8.91. The molecule has 1 aliphatic rings. The Hall–Kier alpha value is -2.07. The quantitative estimate of drug-likeness (QED) is 0.622. The summed E-state index contributed by atoms with van der Waals surface area (Å²) in [6.07, 6.45) is 7.25. The van der Waals surface area contributed by atoms with E-state index in [1.807, 2.05) is 6.07 Å². The second-order valence-corrected chi connectivity index (χ2v) is 6.71. The zero-order valence-corrected chi connectivity index (χ0v) is 14.2. The van der Waals surface area contributed by atoms with E-state index < -0.39 is 0 Å². The summed E-state index contributed by atoms with van der Waals surface area (Å²) >= 11 is 0. The minimum Gasteiger partial charge on any atom is -0.192 e. The van der Waals surface area contributed by atoms with Crippen LogP contribution in [0, 0.1) is 11.3 Å². The summed E-state index contributed by atoms with van der Waals surface area (Å²) in [4.78, 5) is 0. The van der Waals surface area contributed by atoms with Gasteiger partial charge in [-0.3, -0.25) is 0 Å². The van der Waals surface area contributed by atoms with Crippen LogP contribution in [-0.4, -0.2) is 0 Å². The Bertz CT molecular complexity index is 728. The number of hydrogen-bond donors (Lipinski definition) is 0. The standard InChI is InChI=1S/C22H25N/c1-3-5-13-22(14-6-4-2)20-10-8-7-9-18(20)19-12-11-17(16-23)15-21(19)22/h7-12,15H,3-6,13-14H2,1-2H3. The molecule has 0 aromatic heterocycles. The van der Waals surface area contributed by atoms with Crippen LogP contribution in [0.5, 0.6) is 0 Å². The highest BCUT2D eigenvalue weighted by molar-refractivity contribution is 5.81. The predicted molar refractivity (Wildman–Crippen MR) is 96.4 cm³/mol. The molecule has 1 aliphatic carbocycles. The van der Waals surface area contributed by atoms with Gasteiger partial charge in [0.2, 0.25) is 0 Å². The molecule has 0 atom stereocenters. The Labute approximate surface area is 140 Å². The van der Waals surface area contributed by atoms with E-state index in [-0.39, 0.29) is 5.41 Å². The summed E-state index contributed by atoms with van der Waals surface area (Å²) < 4.78 is 0. The fourth-order valence-corrected chi connectivity index (χ4v) is 4.15. The molecule has 0 bridgehead atoms. The first-order chi connectivity index (χ1) is 11.3. The van der Waals surface area contributed by atoms with Crippen LogP contribution in [0.15, 0.2) is 42.5 Å². The molecule has 23 heavy (non-hydrogen) atoms. The first kappa shape index (κ1) is 15.8. The summed E-state index contributed by atoms with van der Waals surface area (Å²) in [6.45, 7) is 4.53. The van der Waals surface area contributed by atoms with Crippen LogP contribution in [0.2, 0.25) is 0 Å². The molecule has 1 heteroatoms. The van der Waals surface area contributed by atoms with E-state index in [0.717, 1.165) is 5.56 Å². The third-order valence-corrected chi connectivity index (χ3v) is 5.31. The van der Waals surface area contributed by atoms with Crippen molar-refractivity contribution in [2.45, 2.75) is 57.8 Å². The lowest BCUT2D eigenvalue weighted by Crippen LogP contribution is -2.25. The second-order valence-electron chi connectivity index (χ2n) is 6.71. The maximum absolute atomic E-state index is 9.36. The summed E-state index contributed by atoms with van der Waals surface area (Å²) in [6, 6.07) is 17.5. The Balaban J connectivity index is 2.22. The van der Waals surface area contributed by atoms with Gasteiger partial charge in [0.25, 0.3) is 0 Å². The number of nitriles is 1. The Morgan fingerprint density at radius 3 is 2.17 bits per heavy atom. The minimum atomic E-state index is 0.102. The van der Waals surface area contributed by atoms with Crippen molar-refractivity contribution in [2.24, 2.45) is 0 Å². The Morgan fingerprint density at radius 2 is 1.52 bits per heavy atom. The molecule has 0 saturated heterocycles. The van der Waals surface area contributed by atoms with Gasteiger partial charge in [-0.2, -0.15) is 5.26 Å². The molecule has 0 heterocycles. The third-order valence-electron chi connectivity index (χ3n) is 5.31. The zero-order valence-electron chi connectivity index (χ0n) is 14.2. The van der Waals surface area contributed by atoms with Gasteiger partial charge < -0.3 is 0 Å². The van der Waals surface area contributed by atoms with Gasteiger partial charge in [-0.15, -0.1) is 0 Å². The highest BCUT2D eigenvalue weighted by atomic mass is 14.4. The van der Waals surface area contributed by atoms with Crippen molar-refractivity contribution < 1.29 is 0 Å². The van der Waals surface area contributed by atoms with Gasteiger partial charge >= 0.3 is 0 Å². The van der Waals surface area contributed by atoms with Crippen LogP contribution in [-0.2, 0) is 5.41 Å². The van der Waals surface area contributed by atoms with Gasteiger partial charge in [-0.1, -0.05) is 69.9 Å². The molecule has 2 aromatic carbocycles. The predicted octanol–water partition coefficient (Wildman–Crippen LogP) is 6.21. The Morgan fingerprint density at radius 1 is 0.870 bits per heavy atom. The second kappa shape index (κ2) is 6.59. The molecule has 118 valence electrons. The molecular formula is C22H25N. The number of hydrogen-bond acceptors (Lipinski definition) is 1. The zero-order chi connectivity index (χ0) is 16.3. The highest BCUT2D eigenvalue weighted by Crippen LogP contribution is 2.54. The maximum atomic E-state index is 9.36. The van der Waals surface area contributed by atoms with E-state index in [0.29, 0.717) is 0 Å². The van der Waals surface area contributed by atoms with Gasteiger partial charge in [0.15, 0.2) is 0 Å². The van der Waals surface area contributed by atoms with Gasteiger partial charge in [-0.05, 0) is 47.2 Å². The lowest BCUT2D eigenvalue weighted by molar-refractivity contribution is 0.414. The monoisotopic (exact) mass is 303 g/mol. The molecule has 0 saturated carbocycles. The van der Waals surface area contributed by atoms with Gasteiger partial charge in [0.05, 0.1) is 11.6 Å².